The Morgan fingerprint density at radius 3 is 2.44 bits per heavy atom. The van der Waals surface area contributed by atoms with Crippen molar-refractivity contribution in [1.82, 2.24) is 5.32 Å². The van der Waals surface area contributed by atoms with Crippen molar-refractivity contribution in [2.45, 2.75) is 102 Å². The van der Waals surface area contributed by atoms with Gasteiger partial charge in [-0.25, -0.2) is 0 Å². The number of para-hydroxylation sites is 1. The fraction of sp³-hybridized carbons (Fsp3) is 0.708. The van der Waals surface area contributed by atoms with Crippen molar-refractivity contribution < 1.29 is 23.7 Å². The minimum atomic E-state index is -0.709. The van der Waals surface area contributed by atoms with Gasteiger partial charge in [0.1, 0.15) is 18.3 Å². The zero-order chi connectivity index (χ0) is 22.5. The molecule has 176 valence electrons. The Labute approximate surface area is 195 Å². The summed E-state index contributed by atoms with van der Waals surface area (Å²) in [5.74, 6) is -1.17. The summed E-state index contributed by atoms with van der Waals surface area (Å²) in [6.07, 6.45) is 4.13. The minimum absolute atomic E-state index is 0.200. The molecule has 5 rings (SSSR count). The molecule has 32 heavy (non-hydrogen) atoms. The molecule has 1 saturated carbocycles. The molecule has 8 heteroatoms. The van der Waals surface area contributed by atoms with E-state index in [9.17, 15) is 0 Å². The van der Waals surface area contributed by atoms with Gasteiger partial charge in [-0.1, -0.05) is 24.6 Å². The van der Waals surface area contributed by atoms with E-state index >= 15 is 0 Å². The third kappa shape index (κ3) is 4.29. The summed E-state index contributed by atoms with van der Waals surface area (Å²) >= 11 is 5.71. The Balaban J connectivity index is 1.33. The van der Waals surface area contributed by atoms with Gasteiger partial charge in [-0.2, -0.15) is 0 Å². The summed E-state index contributed by atoms with van der Waals surface area (Å²) in [6, 6.07) is 5.96. The molecule has 1 aromatic carbocycles. The van der Waals surface area contributed by atoms with Crippen molar-refractivity contribution in [3.8, 4) is 0 Å². The molecule has 0 amide bonds. The summed E-state index contributed by atoms with van der Waals surface area (Å²) in [4.78, 5) is 0. The van der Waals surface area contributed by atoms with Gasteiger partial charge in [0.15, 0.2) is 23.0 Å². The van der Waals surface area contributed by atoms with Crippen molar-refractivity contribution >= 4 is 23.0 Å². The average Bonchev–Trinajstić information content (AvgIpc) is 3.37. The molecular formula is C24H34N2O5S. The smallest absolute Gasteiger partial charge is 0.189 e. The lowest BCUT2D eigenvalue weighted by molar-refractivity contribution is -0.231. The number of hydrogen-bond acceptors (Lipinski definition) is 6. The maximum atomic E-state index is 6.50. The van der Waals surface area contributed by atoms with Crippen LogP contribution in [-0.4, -0.2) is 53.9 Å². The van der Waals surface area contributed by atoms with Gasteiger partial charge in [0.25, 0.3) is 0 Å². The highest BCUT2D eigenvalue weighted by Crippen LogP contribution is 2.44. The summed E-state index contributed by atoms with van der Waals surface area (Å²) in [5.41, 5.74) is 3.29. The first-order valence-electron chi connectivity index (χ1n) is 11.7. The summed E-state index contributed by atoms with van der Waals surface area (Å²) in [6.45, 7) is 8.45. The Hall–Kier alpha value is -1.29. The highest BCUT2D eigenvalue weighted by atomic mass is 32.1. The Bertz CT molecular complexity index is 852. The molecule has 1 aliphatic carbocycles. The molecule has 4 aliphatic rings. The molecule has 3 heterocycles. The van der Waals surface area contributed by atoms with Crippen LogP contribution in [0.25, 0.3) is 0 Å². The first-order chi connectivity index (χ1) is 15.3. The fourth-order valence-electron chi connectivity index (χ4n) is 5.42. The van der Waals surface area contributed by atoms with Crippen LogP contribution in [0.2, 0.25) is 0 Å². The molecule has 0 aromatic heterocycles. The van der Waals surface area contributed by atoms with Crippen molar-refractivity contribution in [2.24, 2.45) is 0 Å². The topological polar surface area (TPSA) is 70.2 Å². The quantitative estimate of drug-likeness (QED) is 0.656. The SMILES string of the molecule is Cc1cccc(C)c1NC(=S)N[C@@H]1[C@H]2OC(C)(C)O[C@H]2O[C@@H]1[C@H]1COC2(CCCCC2)O1. The number of fused-ring (bicyclic) bond motifs is 1. The second-order valence-electron chi connectivity index (χ2n) is 9.90. The Kier molecular flexibility index (Phi) is 5.97. The Morgan fingerprint density at radius 2 is 1.72 bits per heavy atom. The van der Waals surface area contributed by atoms with Gasteiger partial charge in [0, 0.05) is 18.5 Å². The number of thiocarbonyl (C=S) groups is 1. The van der Waals surface area contributed by atoms with Crippen LogP contribution < -0.4 is 10.6 Å². The maximum Gasteiger partial charge on any atom is 0.189 e. The molecular weight excluding hydrogens is 428 g/mol. The lowest BCUT2D eigenvalue weighted by atomic mass is 9.94. The monoisotopic (exact) mass is 462 g/mol. The molecule has 2 N–H and O–H groups in total. The first-order valence-corrected chi connectivity index (χ1v) is 12.1. The van der Waals surface area contributed by atoms with Crippen LogP contribution in [0.15, 0.2) is 18.2 Å². The third-order valence-electron chi connectivity index (χ3n) is 6.96. The molecule has 1 spiro atoms. The lowest BCUT2D eigenvalue weighted by Crippen LogP contribution is -2.53. The zero-order valence-electron chi connectivity index (χ0n) is 19.3. The summed E-state index contributed by atoms with van der Waals surface area (Å²) < 4.78 is 31.3. The van der Waals surface area contributed by atoms with E-state index in [0.29, 0.717) is 11.7 Å². The number of nitrogens with one attached hydrogen (secondary N) is 2. The van der Waals surface area contributed by atoms with Gasteiger partial charge in [-0.15, -0.1) is 0 Å². The van der Waals surface area contributed by atoms with Crippen molar-refractivity contribution in [2.75, 3.05) is 11.9 Å². The number of rotatable bonds is 3. The van der Waals surface area contributed by atoms with Crippen molar-refractivity contribution in [3.05, 3.63) is 29.3 Å². The number of aryl methyl sites for hydroxylation is 2. The van der Waals surface area contributed by atoms with Gasteiger partial charge in [-0.05, 0) is 63.9 Å². The molecule has 5 atom stereocenters. The third-order valence-corrected chi connectivity index (χ3v) is 7.18. The second-order valence-corrected chi connectivity index (χ2v) is 10.3. The second kappa shape index (κ2) is 8.49. The predicted molar refractivity (Wildman–Crippen MR) is 124 cm³/mol. The van der Waals surface area contributed by atoms with Gasteiger partial charge in [0.05, 0.1) is 12.6 Å². The summed E-state index contributed by atoms with van der Waals surface area (Å²) in [7, 11) is 0. The highest BCUT2D eigenvalue weighted by Gasteiger charge is 2.59. The average molecular weight is 463 g/mol. The van der Waals surface area contributed by atoms with Gasteiger partial charge in [0.2, 0.25) is 0 Å². The molecule has 3 saturated heterocycles. The van der Waals surface area contributed by atoms with Gasteiger partial charge in [-0.3, -0.25) is 0 Å². The molecule has 7 nitrogen and oxygen atoms in total. The minimum Gasteiger partial charge on any atom is -0.354 e. The van der Waals surface area contributed by atoms with Gasteiger partial charge >= 0.3 is 0 Å². The fourth-order valence-corrected chi connectivity index (χ4v) is 5.66. The number of benzene rings is 1. The standard InChI is InChI=1S/C24H34N2O5S/c1-14-9-8-10-15(2)17(14)25-22(32)26-18-19(28-21-20(18)30-23(3,4)31-21)16-13-27-24(29-16)11-6-5-7-12-24/h8-10,16,18-21H,5-7,11-13H2,1-4H3,(H2,25,26,32)/t16-,18+,19-,20-,21-/m1/s1. The molecule has 0 bridgehead atoms. The maximum absolute atomic E-state index is 6.50. The van der Waals surface area contributed by atoms with Crippen LogP contribution in [0.4, 0.5) is 5.69 Å². The van der Waals surface area contributed by atoms with E-state index in [0.717, 1.165) is 42.5 Å². The zero-order valence-corrected chi connectivity index (χ0v) is 20.1. The van der Waals surface area contributed by atoms with Gasteiger partial charge < -0.3 is 34.3 Å². The number of ether oxygens (including phenoxy) is 5. The van der Waals surface area contributed by atoms with E-state index in [2.05, 4.69) is 36.6 Å². The van der Waals surface area contributed by atoms with E-state index in [1.54, 1.807) is 0 Å². The van der Waals surface area contributed by atoms with E-state index in [1.165, 1.54) is 6.42 Å². The molecule has 0 unspecified atom stereocenters. The van der Waals surface area contributed by atoms with E-state index in [1.807, 2.05) is 19.9 Å². The van der Waals surface area contributed by atoms with E-state index < -0.39 is 17.9 Å². The van der Waals surface area contributed by atoms with E-state index in [-0.39, 0.29) is 24.4 Å². The van der Waals surface area contributed by atoms with Crippen LogP contribution in [0.3, 0.4) is 0 Å². The molecule has 0 radical (unpaired) electrons. The van der Waals surface area contributed by atoms with Crippen LogP contribution >= 0.6 is 12.2 Å². The predicted octanol–water partition coefficient (Wildman–Crippen LogP) is 3.91. The summed E-state index contributed by atoms with van der Waals surface area (Å²) in [5, 5.41) is 7.36. The number of hydrogen-bond donors (Lipinski definition) is 2. The van der Waals surface area contributed by atoms with Crippen LogP contribution in [0.1, 0.15) is 57.1 Å². The lowest BCUT2D eigenvalue weighted by Gasteiger charge is -2.34. The normalized spacial score (nSPS) is 35.1. The largest absolute Gasteiger partial charge is 0.354 e. The number of anilines is 1. The van der Waals surface area contributed by atoms with E-state index in [4.69, 9.17) is 35.9 Å². The molecule has 4 fully saturated rings. The highest BCUT2D eigenvalue weighted by molar-refractivity contribution is 7.80. The van der Waals surface area contributed by atoms with Crippen LogP contribution in [0.5, 0.6) is 0 Å². The van der Waals surface area contributed by atoms with Crippen LogP contribution in [0, 0.1) is 13.8 Å². The first kappa shape index (κ1) is 22.5. The van der Waals surface area contributed by atoms with Crippen molar-refractivity contribution in [1.29, 1.82) is 0 Å². The Morgan fingerprint density at radius 1 is 1.00 bits per heavy atom. The molecule has 1 aromatic rings. The molecule has 3 aliphatic heterocycles. The van der Waals surface area contributed by atoms with Crippen LogP contribution in [-0.2, 0) is 23.7 Å². The van der Waals surface area contributed by atoms with Crippen molar-refractivity contribution in [3.63, 3.8) is 0 Å².